The minimum absolute atomic E-state index is 0.0344. The number of nitrogens with one attached hydrogen (secondary N) is 1. The van der Waals surface area contributed by atoms with Gasteiger partial charge in [-0.1, -0.05) is 0 Å². The van der Waals surface area contributed by atoms with Gasteiger partial charge in [0, 0.05) is 12.4 Å². The van der Waals surface area contributed by atoms with Crippen LogP contribution in [0, 0.1) is 0 Å². The molecule has 0 aromatic carbocycles. The van der Waals surface area contributed by atoms with Crippen LogP contribution >= 0.6 is 0 Å². The zero-order valence-electron chi connectivity index (χ0n) is 8.67. The van der Waals surface area contributed by atoms with Crippen LogP contribution in [0.5, 0.6) is 0 Å². The number of pyridine rings is 1. The molecule has 0 unspecified atom stereocenters. The quantitative estimate of drug-likeness (QED) is 0.672. The highest BCUT2D eigenvalue weighted by Crippen LogP contribution is 2.35. The van der Waals surface area contributed by atoms with Gasteiger partial charge in [0.25, 0.3) is 5.91 Å². The minimum Gasteiger partial charge on any atom is -0.267 e. The summed E-state index contributed by atoms with van der Waals surface area (Å²) in [6.07, 6.45) is -3.28. The van der Waals surface area contributed by atoms with Crippen LogP contribution in [0.4, 0.5) is 22.0 Å². The molecule has 18 heavy (non-hydrogen) atoms. The highest BCUT2D eigenvalue weighted by molar-refractivity contribution is 5.92. The predicted molar refractivity (Wildman–Crippen MR) is 48.7 cm³/mol. The van der Waals surface area contributed by atoms with Crippen molar-refractivity contribution in [2.45, 2.75) is 12.1 Å². The highest BCUT2D eigenvalue weighted by Gasteiger charge is 2.58. The number of carbonyl (C=O) groups is 1. The summed E-state index contributed by atoms with van der Waals surface area (Å²) in [6.45, 7) is -2.00. The molecule has 4 nitrogen and oxygen atoms in total. The van der Waals surface area contributed by atoms with E-state index in [1.807, 2.05) is 0 Å². The monoisotopic (exact) mass is 270 g/mol. The van der Waals surface area contributed by atoms with Gasteiger partial charge in [0.2, 0.25) is 0 Å². The predicted octanol–water partition coefficient (Wildman–Crippen LogP) is 1.94. The number of rotatable bonds is 4. The van der Waals surface area contributed by atoms with Crippen LogP contribution in [-0.2, 0) is 4.84 Å². The standard InChI is InChI=1S/C9H7F5N2O2/c10-8(11,9(12,13)14)5-18-16-7(17)6-2-1-3-15-4-6/h1-4H,5H2,(H,16,17). The van der Waals surface area contributed by atoms with Gasteiger partial charge in [0.15, 0.2) is 0 Å². The fourth-order valence-electron chi connectivity index (χ4n) is 0.830. The smallest absolute Gasteiger partial charge is 0.267 e. The van der Waals surface area contributed by atoms with E-state index in [1.165, 1.54) is 23.8 Å². The van der Waals surface area contributed by atoms with Gasteiger partial charge < -0.3 is 0 Å². The first-order chi connectivity index (χ1) is 8.24. The van der Waals surface area contributed by atoms with E-state index < -0.39 is 24.6 Å². The normalized spacial score (nSPS) is 12.3. The number of hydrogen-bond acceptors (Lipinski definition) is 3. The number of nitrogens with zero attached hydrogens (tertiary/aromatic N) is 1. The van der Waals surface area contributed by atoms with E-state index in [-0.39, 0.29) is 5.56 Å². The van der Waals surface area contributed by atoms with Gasteiger partial charge in [-0.3, -0.25) is 14.6 Å². The van der Waals surface area contributed by atoms with Crippen molar-refractivity contribution in [2.75, 3.05) is 6.61 Å². The Labute approximate surface area is 97.7 Å². The zero-order chi connectivity index (χ0) is 13.8. The SMILES string of the molecule is O=C(NOCC(F)(F)C(F)(F)F)c1cccnc1. The molecule has 9 heteroatoms. The van der Waals surface area contributed by atoms with Gasteiger partial charge >= 0.3 is 12.1 Å². The lowest BCUT2D eigenvalue weighted by Crippen LogP contribution is -2.43. The number of alkyl halides is 5. The van der Waals surface area contributed by atoms with Crippen molar-refractivity contribution in [1.82, 2.24) is 10.5 Å². The number of aromatic nitrogens is 1. The average Bonchev–Trinajstić information content (AvgIpc) is 2.28. The molecule has 1 aromatic heterocycles. The molecule has 1 heterocycles. The van der Waals surface area contributed by atoms with Crippen LogP contribution in [0.2, 0.25) is 0 Å². The molecule has 100 valence electrons. The van der Waals surface area contributed by atoms with E-state index in [9.17, 15) is 26.7 Å². The van der Waals surface area contributed by atoms with E-state index in [0.717, 1.165) is 6.20 Å². The van der Waals surface area contributed by atoms with Crippen LogP contribution in [-0.4, -0.2) is 29.6 Å². The van der Waals surface area contributed by atoms with Crippen molar-refractivity contribution >= 4 is 5.91 Å². The second-order valence-corrected chi connectivity index (χ2v) is 3.16. The first-order valence-corrected chi connectivity index (χ1v) is 4.51. The van der Waals surface area contributed by atoms with E-state index >= 15 is 0 Å². The van der Waals surface area contributed by atoms with Gasteiger partial charge in [0.1, 0.15) is 6.61 Å². The van der Waals surface area contributed by atoms with Crippen molar-refractivity contribution in [2.24, 2.45) is 0 Å². The number of hydrogen-bond donors (Lipinski definition) is 1. The third-order valence-corrected chi connectivity index (χ3v) is 1.76. The zero-order valence-corrected chi connectivity index (χ0v) is 8.67. The first-order valence-electron chi connectivity index (χ1n) is 4.51. The van der Waals surface area contributed by atoms with Gasteiger partial charge in [-0.25, -0.2) is 5.48 Å². The summed E-state index contributed by atoms with van der Waals surface area (Å²) in [4.78, 5) is 18.6. The summed E-state index contributed by atoms with van der Waals surface area (Å²) in [5.41, 5.74) is 1.43. The maximum absolute atomic E-state index is 12.4. The summed E-state index contributed by atoms with van der Waals surface area (Å²) in [5, 5.41) is 0. The lowest BCUT2D eigenvalue weighted by molar-refractivity contribution is -0.300. The maximum atomic E-state index is 12.4. The molecule has 1 N–H and O–H groups in total. The van der Waals surface area contributed by atoms with E-state index in [4.69, 9.17) is 0 Å². The third-order valence-electron chi connectivity index (χ3n) is 1.76. The molecule has 0 atom stereocenters. The molecule has 1 aromatic rings. The fourth-order valence-corrected chi connectivity index (χ4v) is 0.830. The molecule has 0 saturated carbocycles. The molecule has 0 spiro atoms. The number of halogens is 5. The maximum Gasteiger partial charge on any atom is 0.455 e. The lowest BCUT2D eigenvalue weighted by Gasteiger charge is -2.18. The Balaban J connectivity index is 2.46. The van der Waals surface area contributed by atoms with Crippen molar-refractivity contribution in [1.29, 1.82) is 0 Å². The summed E-state index contributed by atoms with van der Waals surface area (Å²) >= 11 is 0. The Morgan fingerprint density at radius 3 is 2.50 bits per heavy atom. The molecule has 0 radical (unpaired) electrons. The second kappa shape index (κ2) is 5.25. The first kappa shape index (κ1) is 14.3. The second-order valence-electron chi connectivity index (χ2n) is 3.16. The van der Waals surface area contributed by atoms with Crippen LogP contribution in [0.1, 0.15) is 10.4 Å². The summed E-state index contributed by atoms with van der Waals surface area (Å²) < 4.78 is 59.9. The van der Waals surface area contributed by atoms with E-state index in [0.29, 0.717) is 0 Å². The molecule has 0 saturated heterocycles. The Bertz CT molecular complexity index is 407. The van der Waals surface area contributed by atoms with Crippen LogP contribution in [0.3, 0.4) is 0 Å². The Morgan fingerprint density at radius 2 is 2.00 bits per heavy atom. The largest absolute Gasteiger partial charge is 0.455 e. The van der Waals surface area contributed by atoms with Crippen LogP contribution < -0.4 is 5.48 Å². The van der Waals surface area contributed by atoms with Crippen LogP contribution in [0.15, 0.2) is 24.5 Å². The topological polar surface area (TPSA) is 51.2 Å². The molecule has 0 aliphatic heterocycles. The number of carbonyl (C=O) groups excluding carboxylic acids is 1. The Kier molecular flexibility index (Phi) is 4.17. The summed E-state index contributed by atoms with van der Waals surface area (Å²) in [7, 11) is 0. The van der Waals surface area contributed by atoms with Gasteiger partial charge in [0.05, 0.1) is 5.56 Å². The molecule has 0 fully saturated rings. The average molecular weight is 270 g/mol. The third kappa shape index (κ3) is 3.62. The van der Waals surface area contributed by atoms with Gasteiger partial charge in [-0.2, -0.15) is 22.0 Å². The lowest BCUT2D eigenvalue weighted by atomic mass is 10.3. The Hall–Kier alpha value is -1.77. The van der Waals surface area contributed by atoms with Crippen molar-refractivity contribution < 1.29 is 31.6 Å². The van der Waals surface area contributed by atoms with Crippen LogP contribution in [0.25, 0.3) is 0 Å². The van der Waals surface area contributed by atoms with E-state index in [1.54, 1.807) is 0 Å². The molecule has 1 amide bonds. The molecule has 0 aliphatic carbocycles. The molecule has 0 bridgehead atoms. The van der Waals surface area contributed by atoms with Crippen molar-refractivity contribution in [3.05, 3.63) is 30.1 Å². The van der Waals surface area contributed by atoms with Crippen molar-refractivity contribution in [3.63, 3.8) is 0 Å². The van der Waals surface area contributed by atoms with Gasteiger partial charge in [-0.15, -0.1) is 0 Å². The van der Waals surface area contributed by atoms with Crippen molar-refractivity contribution in [3.8, 4) is 0 Å². The molecule has 1 rings (SSSR count). The molecular formula is C9H7F5N2O2. The Morgan fingerprint density at radius 1 is 1.33 bits per heavy atom. The summed E-state index contributed by atoms with van der Waals surface area (Å²) in [6, 6.07) is 2.67. The molecule has 0 aliphatic rings. The number of amides is 1. The number of hydroxylamine groups is 1. The molecular weight excluding hydrogens is 263 g/mol. The minimum atomic E-state index is -5.73. The van der Waals surface area contributed by atoms with Gasteiger partial charge in [-0.05, 0) is 12.1 Å². The highest BCUT2D eigenvalue weighted by atomic mass is 19.4. The summed E-state index contributed by atoms with van der Waals surface area (Å²) in [5.74, 6) is -6.00. The van der Waals surface area contributed by atoms with E-state index in [2.05, 4.69) is 9.82 Å². The fraction of sp³-hybridized carbons (Fsp3) is 0.333.